The molecule has 0 radical (unpaired) electrons. The normalized spacial score (nSPS) is 10.7. The third-order valence-corrected chi connectivity index (χ3v) is 2.62. The van der Waals surface area contributed by atoms with Crippen molar-refractivity contribution in [3.8, 4) is 5.75 Å². The summed E-state index contributed by atoms with van der Waals surface area (Å²) in [6.45, 7) is 5.94. The number of aliphatic hydroxyl groups is 1. The van der Waals surface area contributed by atoms with Gasteiger partial charge >= 0.3 is 0 Å². The minimum absolute atomic E-state index is 0.0337. The molecule has 0 atom stereocenters. The Morgan fingerprint density at radius 1 is 1.22 bits per heavy atom. The monoisotopic (exact) mass is 248 g/mol. The summed E-state index contributed by atoms with van der Waals surface area (Å²) in [5.74, 6) is 1.85. The summed E-state index contributed by atoms with van der Waals surface area (Å²) in [7, 11) is 0. The molecule has 0 aliphatic rings. The fraction of sp³-hybridized carbons (Fsp3) is 0.385. The van der Waals surface area contributed by atoms with Crippen molar-refractivity contribution in [2.45, 2.75) is 34.0 Å². The van der Waals surface area contributed by atoms with Crippen LogP contribution in [-0.4, -0.2) is 15.2 Å². The Bertz CT molecular complexity index is 526. The summed E-state index contributed by atoms with van der Waals surface area (Å²) >= 11 is 0. The fourth-order valence-electron chi connectivity index (χ4n) is 1.90. The van der Waals surface area contributed by atoms with Crippen LogP contribution in [-0.2, 0) is 13.2 Å². The van der Waals surface area contributed by atoms with Crippen LogP contribution in [0, 0.1) is 20.8 Å². The van der Waals surface area contributed by atoms with Crippen LogP contribution in [0.5, 0.6) is 5.75 Å². The second kappa shape index (κ2) is 5.18. The van der Waals surface area contributed by atoms with Gasteiger partial charge in [0.05, 0.1) is 6.61 Å². The van der Waals surface area contributed by atoms with Crippen molar-refractivity contribution in [3.05, 3.63) is 40.5 Å². The number of aliphatic hydroxyl groups excluding tert-OH is 1. The van der Waals surface area contributed by atoms with Crippen LogP contribution in [0.4, 0.5) is 0 Å². The molecule has 0 fully saturated rings. The van der Waals surface area contributed by atoms with E-state index in [0.29, 0.717) is 11.7 Å². The van der Waals surface area contributed by atoms with Crippen LogP contribution in [0.3, 0.4) is 0 Å². The van der Waals surface area contributed by atoms with E-state index in [0.717, 1.165) is 22.4 Å². The van der Waals surface area contributed by atoms with E-state index >= 15 is 0 Å². The lowest BCUT2D eigenvalue weighted by Gasteiger charge is -2.12. The molecule has 0 saturated heterocycles. The summed E-state index contributed by atoms with van der Waals surface area (Å²) in [6, 6.07) is 3.81. The lowest BCUT2D eigenvalue weighted by molar-refractivity contribution is 0.276. The van der Waals surface area contributed by atoms with Crippen LogP contribution in [0.25, 0.3) is 0 Å². The maximum atomic E-state index is 9.11. The summed E-state index contributed by atoms with van der Waals surface area (Å²) in [5, 5.41) is 12.9. The second-order valence-corrected chi connectivity index (χ2v) is 4.24. The van der Waals surface area contributed by atoms with E-state index in [4.69, 9.17) is 14.4 Å². The molecular formula is C13H16N2O3. The molecule has 18 heavy (non-hydrogen) atoms. The van der Waals surface area contributed by atoms with E-state index in [1.165, 1.54) is 0 Å². The number of aryl methyl sites for hydroxylation is 3. The van der Waals surface area contributed by atoms with Crippen LogP contribution in [0.1, 0.15) is 28.4 Å². The molecule has 2 rings (SSSR count). The van der Waals surface area contributed by atoms with Gasteiger partial charge in [-0.3, -0.25) is 0 Å². The number of rotatable bonds is 4. The number of ether oxygens (including phenoxy) is 1. The molecule has 96 valence electrons. The number of hydrogen-bond donors (Lipinski definition) is 1. The fourth-order valence-corrected chi connectivity index (χ4v) is 1.90. The number of aromatic nitrogens is 2. The minimum atomic E-state index is 0.0337. The minimum Gasteiger partial charge on any atom is -0.485 e. The SMILES string of the molecule is Cc1nc(COc2c(C)cc(CO)cc2C)no1. The van der Waals surface area contributed by atoms with Crippen molar-refractivity contribution in [1.29, 1.82) is 0 Å². The third-order valence-electron chi connectivity index (χ3n) is 2.62. The van der Waals surface area contributed by atoms with Crippen LogP contribution >= 0.6 is 0 Å². The zero-order chi connectivity index (χ0) is 13.1. The van der Waals surface area contributed by atoms with E-state index in [2.05, 4.69) is 10.1 Å². The highest BCUT2D eigenvalue weighted by atomic mass is 16.5. The van der Waals surface area contributed by atoms with Crippen molar-refractivity contribution in [1.82, 2.24) is 10.1 Å². The zero-order valence-corrected chi connectivity index (χ0v) is 10.7. The molecule has 0 aliphatic carbocycles. The molecule has 0 saturated carbocycles. The number of nitrogens with zero attached hydrogens (tertiary/aromatic N) is 2. The second-order valence-electron chi connectivity index (χ2n) is 4.24. The van der Waals surface area contributed by atoms with E-state index in [-0.39, 0.29) is 13.2 Å². The average Bonchev–Trinajstić information content (AvgIpc) is 2.73. The Balaban J connectivity index is 2.14. The van der Waals surface area contributed by atoms with Gasteiger partial charge in [-0.1, -0.05) is 17.3 Å². The van der Waals surface area contributed by atoms with E-state index in [1.807, 2.05) is 26.0 Å². The Morgan fingerprint density at radius 3 is 2.39 bits per heavy atom. The summed E-state index contributed by atoms with van der Waals surface area (Å²) in [6.07, 6.45) is 0. The first-order valence-corrected chi connectivity index (χ1v) is 5.73. The molecule has 0 bridgehead atoms. The van der Waals surface area contributed by atoms with Crippen molar-refractivity contribution >= 4 is 0 Å². The molecule has 1 aromatic carbocycles. The Hall–Kier alpha value is -1.88. The maximum absolute atomic E-state index is 9.11. The van der Waals surface area contributed by atoms with Crippen molar-refractivity contribution in [2.24, 2.45) is 0 Å². The summed E-state index contributed by atoms with van der Waals surface area (Å²) in [4.78, 5) is 4.08. The summed E-state index contributed by atoms with van der Waals surface area (Å²) < 4.78 is 10.6. The highest BCUT2D eigenvalue weighted by Gasteiger charge is 2.09. The van der Waals surface area contributed by atoms with E-state index in [9.17, 15) is 0 Å². The molecule has 5 heteroatoms. The van der Waals surface area contributed by atoms with Gasteiger partial charge in [0.15, 0.2) is 6.61 Å². The molecule has 1 aromatic heterocycles. The van der Waals surface area contributed by atoms with Gasteiger partial charge in [0.25, 0.3) is 0 Å². The first-order chi connectivity index (χ1) is 8.60. The molecule has 0 unspecified atom stereocenters. The number of hydrogen-bond acceptors (Lipinski definition) is 5. The third kappa shape index (κ3) is 2.68. The predicted molar refractivity (Wildman–Crippen MR) is 65.2 cm³/mol. The van der Waals surface area contributed by atoms with Gasteiger partial charge in [0, 0.05) is 6.92 Å². The number of benzene rings is 1. The Labute approximate surface area is 105 Å². The smallest absolute Gasteiger partial charge is 0.223 e. The molecule has 5 nitrogen and oxygen atoms in total. The van der Waals surface area contributed by atoms with Gasteiger partial charge in [-0.15, -0.1) is 0 Å². The van der Waals surface area contributed by atoms with Crippen LogP contribution < -0.4 is 4.74 Å². The lowest BCUT2D eigenvalue weighted by atomic mass is 10.1. The standard InChI is InChI=1S/C13H16N2O3/c1-8-4-11(6-16)5-9(2)13(8)17-7-12-14-10(3)18-15-12/h4-5,16H,6-7H2,1-3H3. The van der Waals surface area contributed by atoms with E-state index in [1.54, 1.807) is 6.92 Å². The molecule has 0 amide bonds. The molecule has 0 spiro atoms. The largest absolute Gasteiger partial charge is 0.485 e. The summed E-state index contributed by atoms with van der Waals surface area (Å²) in [5.41, 5.74) is 2.85. The van der Waals surface area contributed by atoms with Gasteiger partial charge in [0.2, 0.25) is 11.7 Å². The highest BCUT2D eigenvalue weighted by molar-refractivity contribution is 5.43. The van der Waals surface area contributed by atoms with Crippen LogP contribution in [0.15, 0.2) is 16.7 Å². The highest BCUT2D eigenvalue weighted by Crippen LogP contribution is 2.25. The lowest BCUT2D eigenvalue weighted by Crippen LogP contribution is -2.01. The van der Waals surface area contributed by atoms with Gasteiger partial charge in [-0.05, 0) is 30.5 Å². The maximum Gasteiger partial charge on any atom is 0.223 e. The van der Waals surface area contributed by atoms with Crippen molar-refractivity contribution in [3.63, 3.8) is 0 Å². The zero-order valence-electron chi connectivity index (χ0n) is 10.7. The quantitative estimate of drug-likeness (QED) is 0.897. The molecule has 0 aliphatic heterocycles. The van der Waals surface area contributed by atoms with E-state index < -0.39 is 0 Å². The van der Waals surface area contributed by atoms with Crippen molar-refractivity contribution < 1.29 is 14.4 Å². The molecular weight excluding hydrogens is 232 g/mol. The predicted octanol–water partition coefficient (Wildman–Crippen LogP) is 2.07. The first kappa shape index (κ1) is 12.6. The van der Waals surface area contributed by atoms with Gasteiger partial charge < -0.3 is 14.4 Å². The topological polar surface area (TPSA) is 68.4 Å². The van der Waals surface area contributed by atoms with Gasteiger partial charge in [-0.2, -0.15) is 4.98 Å². The molecule has 1 heterocycles. The average molecular weight is 248 g/mol. The van der Waals surface area contributed by atoms with Crippen LogP contribution in [0.2, 0.25) is 0 Å². The molecule has 1 N–H and O–H groups in total. The Kier molecular flexibility index (Phi) is 3.62. The first-order valence-electron chi connectivity index (χ1n) is 5.73. The van der Waals surface area contributed by atoms with Gasteiger partial charge in [-0.25, -0.2) is 0 Å². The van der Waals surface area contributed by atoms with Crippen molar-refractivity contribution in [2.75, 3.05) is 0 Å². The molecule has 2 aromatic rings. The van der Waals surface area contributed by atoms with Gasteiger partial charge in [0.1, 0.15) is 5.75 Å². The Morgan fingerprint density at radius 2 is 1.89 bits per heavy atom.